The number of hydrogen-bond donors (Lipinski definition) is 1. The van der Waals surface area contributed by atoms with Gasteiger partial charge in [-0.15, -0.1) is 11.3 Å². The van der Waals surface area contributed by atoms with Gasteiger partial charge in [0.1, 0.15) is 11.5 Å². The van der Waals surface area contributed by atoms with E-state index in [2.05, 4.69) is 29.0 Å². The monoisotopic (exact) mass is 293 g/mol. The molecule has 0 saturated heterocycles. The highest BCUT2D eigenvalue weighted by Crippen LogP contribution is 2.20. The van der Waals surface area contributed by atoms with Crippen LogP contribution in [0.1, 0.15) is 36.1 Å². The Hall–Kier alpha value is -1.66. The number of rotatable bonds is 7. The van der Waals surface area contributed by atoms with Crippen molar-refractivity contribution in [1.29, 1.82) is 0 Å². The minimum Gasteiger partial charge on any atom is -0.468 e. The van der Waals surface area contributed by atoms with E-state index in [-0.39, 0.29) is 11.9 Å². The van der Waals surface area contributed by atoms with E-state index in [0.29, 0.717) is 12.2 Å². The van der Waals surface area contributed by atoms with E-state index in [0.717, 1.165) is 18.8 Å². The molecule has 2 rings (SSSR count). The molecule has 2 heterocycles. The molecule has 108 valence electrons. The summed E-state index contributed by atoms with van der Waals surface area (Å²) in [6, 6.07) is 3.86. The molecule has 6 heteroatoms. The van der Waals surface area contributed by atoms with Crippen molar-refractivity contribution in [3.8, 4) is 0 Å². The standard InChI is InChI=1S/C14H19N3O2S/c1-3-17(4-2)12(13-6-5-7-19-13)8-15-14(18)11-9-20-10-16-11/h5-7,9-10,12H,3-4,8H2,1-2H3,(H,15,18). The summed E-state index contributed by atoms with van der Waals surface area (Å²) >= 11 is 1.41. The van der Waals surface area contributed by atoms with Crippen LogP contribution in [0.25, 0.3) is 0 Å². The lowest BCUT2D eigenvalue weighted by Gasteiger charge is -2.28. The van der Waals surface area contributed by atoms with Crippen LogP contribution in [0.4, 0.5) is 0 Å². The maximum Gasteiger partial charge on any atom is 0.270 e. The summed E-state index contributed by atoms with van der Waals surface area (Å²) < 4.78 is 5.50. The topological polar surface area (TPSA) is 58.4 Å². The van der Waals surface area contributed by atoms with Crippen LogP contribution in [0.2, 0.25) is 0 Å². The number of thiazole rings is 1. The second-order valence-electron chi connectivity index (χ2n) is 4.34. The molecule has 1 unspecified atom stereocenters. The summed E-state index contributed by atoms with van der Waals surface area (Å²) in [6.45, 7) is 6.50. The smallest absolute Gasteiger partial charge is 0.270 e. The van der Waals surface area contributed by atoms with Gasteiger partial charge in [-0.3, -0.25) is 9.69 Å². The number of aromatic nitrogens is 1. The Bertz CT molecular complexity index is 507. The first kappa shape index (κ1) is 14.7. The molecule has 0 saturated carbocycles. The molecule has 1 N–H and O–H groups in total. The van der Waals surface area contributed by atoms with Crippen LogP contribution in [0, 0.1) is 0 Å². The molecular weight excluding hydrogens is 274 g/mol. The number of furan rings is 1. The fourth-order valence-electron chi connectivity index (χ4n) is 2.16. The molecule has 1 amide bonds. The van der Waals surface area contributed by atoms with Crippen molar-refractivity contribution in [3.63, 3.8) is 0 Å². The predicted molar refractivity (Wildman–Crippen MR) is 78.8 cm³/mol. The predicted octanol–water partition coefficient (Wildman–Crippen LogP) is 2.55. The number of amides is 1. The van der Waals surface area contributed by atoms with Gasteiger partial charge in [0, 0.05) is 11.9 Å². The molecule has 0 aliphatic rings. The molecule has 0 spiro atoms. The molecule has 1 atom stereocenters. The number of carbonyl (C=O) groups excluding carboxylic acids is 1. The van der Waals surface area contributed by atoms with Crippen molar-refractivity contribution in [1.82, 2.24) is 15.2 Å². The summed E-state index contributed by atoms with van der Waals surface area (Å²) in [4.78, 5) is 18.2. The highest BCUT2D eigenvalue weighted by molar-refractivity contribution is 7.07. The molecular formula is C14H19N3O2S. The van der Waals surface area contributed by atoms with Crippen molar-refractivity contribution in [3.05, 3.63) is 40.7 Å². The highest BCUT2D eigenvalue weighted by Gasteiger charge is 2.21. The zero-order valence-electron chi connectivity index (χ0n) is 11.7. The van der Waals surface area contributed by atoms with E-state index in [1.54, 1.807) is 17.2 Å². The van der Waals surface area contributed by atoms with Crippen molar-refractivity contribution in [2.24, 2.45) is 0 Å². The normalized spacial score (nSPS) is 12.6. The van der Waals surface area contributed by atoms with Crippen LogP contribution < -0.4 is 5.32 Å². The number of likely N-dealkylation sites (N-methyl/N-ethyl adjacent to an activating group) is 1. The van der Waals surface area contributed by atoms with Crippen molar-refractivity contribution < 1.29 is 9.21 Å². The average molecular weight is 293 g/mol. The first-order valence-electron chi connectivity index (χ1n) is 6.70. The van der Waals surface area contributed by atoms with Gasteiger partial charge in [-0.25, -0.2) is 4.98 Å². The number of hydrogen-bond acceptors (Lipinski definition) is 5. The Labute approximate surface area is 122 Å². The fraction of sp³-hybridized carbons (Fsp3) is 0.429. The third-order valence-corrected chi connectivity index (χ3v) is 3.83. The largest absolute Gasteiger partial charge is 0.468 e. The van der Waals surface area contributed by atoms with E-state index < -0.39 is 0 Å². The molecule has 2 aromatic heterocycles. The van der Waals surface area contributed by atoms with Gasteiger partial charge in [0.05, 0.1) is 17.8 Å². The number of nitrogens with zero attached hydrogens (tertiary/aromatic N) is 2. The van der Waals surface area contributed by atoms with Crippen LogP contribution in [0.3, 0.4) is 0 Å². The van der Waals surface area contributed by atoms with Crippen molar-refractivity contribution >= 4 is 17.2 Å². The fourth-order valence-corrected chi connectivity index (χ4v) is 2.69. The lowest BCUT2D eigenvalue weighted by molar-refractivity contribution is 0.0925. The van der Waals surface area contributed by atoms with Crippen molar-refractivity contribution in [2.75, 3.05) is 19.6 Å². The Morgan fingerprint density at radius 2 is 2.30 bits per heavy atom. The number of carbonyl (C=O) groups is 1. The molecule has 0 aromatic carbocycles. The van der Waals surface area contributed by atoms with E-state index in [1.807, 2.05) is 12.1 Å². The Balaban J connectivity index is 2.03. The zero-order chi connectivity index (χ0) is 14.4. The van der Waals surface area contributed by atoms with E-state index in [9.17, 15) is 4.79 Å². The zero-order valence-corrected chi connectivity index (χ0v) is 12.5. The Morgan fingerprint density at radius 1 is 1.50 bits per heavy atom. The van der Waals surface area contributed by atoms with Crippen LogP contribution in [0.15, 0.2) is 33.7 Å². The van der Waals surface area contributed by atoms with Crippen LogP contribution in [0.5, 0.6) is 0 Å². The average Bonchev–Trinajstić information content (AvgIpc) is 3.15. The van der Waals surface area contributed by atoms with Crippen LogP contribution >= 0.6 is 11.3 Å². The van der Waals surface area contributed by atoms with Gasteiger partial charge in [-0.05, 0) is 25.2 Å². The second kappa shape index (κ2) is 7.21. The van der Waals surface area contributed by atoms with E-state index in [1.165, 1.54) is 11.3 Å². The van der Waals surface area contributed by atoms with Gasteiger partial charge < -0.3 is 9.73 Å². The van der Waals surface area contributed by atoms with Gasteiger partial charge in [-0.1, -0.05) is 13.8 Å². The summed E-state index contributed by atoms with van der Waals surface area (Å²) in [6.07, 6.45) is 1.66. The lowest BCUT2D eigenvalue weighted by Crippen LogP contribution is -2.38. The minimum atomic E-state index is -0.144. The third kappa shape index (κ3) is 3.46. The summed E-state index contributed by atoms with van der Waals surface area (Å²) in [5.41, 5.74) is 2.12. The number of nitrogens with one attached hydrogen (secondary N) is 1. The first-order chi connectivity index (χ1) is 9.76. The summed E-state index contributed by atoms with van der Waals surface area (Å²) in [7, 11) is 0. The highest BCUT2D eigenvalue weighted by atomic mass is 32.1. The van der Waals surface area contributed by atoms with Crippen LogP contribution in [-0.2, 0) is 0 Å². The van der Waals surface area contributed by atoms with Gasteiger partial charge in [0.2, 0.25) is 0 Å². The molecule has 2 aromatic rings. The molecule has 0 radical (unpaired) electrons. The minimum absolute atomic E-state index is 0.0441. The maximum atomic E-state index is 12.0. The molecule has 20 heavy (non-hydrogen) atoms. The first-order valence-corrected chi connectivity index (χ1v) is 7.64. The SMILES string of the molecule is CCN(CC)C(CNC(=O)c1cscn1)c1ccco1. The molecule has 0 fully saturated rings. The van der Waals surface area contributed by atoms with E-state index in [4.69, 9.17) is 4.42 Å². The lowest BCUT2D eigenvalue weighted by atomic mass is 10.2. The van der Waals surface area contributed by atoms with Gasteiger partial charge >= 0.3 is 0 Å². The Morgan fingerprint density at radius 3 is 2.85 bits per heavy atom. The second-order valence-corrected chi connectivity index (χ2v) is 5.05. The van der Waals surface area contributed by atoms with E-state index >= 15 is 0 Å². The molecule has 0 aliphatic heterocycles. The summed E-state index contributed by atoms with van der Waals surface area (Å²) in [5.74, 6) is 0.724. The summed E-state index contributed by atoms with van der Waals surface area (Å²) in [5, 5.41) is 4.67. The maximum absolute atomic E-state index is 12.0. The molecule has 0 bridgehead atoms. The molecule has 0 aliphatic carbocycles. The molecule has 5 nitrogen and oxygen atoms in total. The van der Waals surface area contributed by atoms with Gasteiger partial charge in [0.25, 0.3) is 5.91 Å². The van der Waals surface area contributed by atoms with Crippen molar-refractivity contribution in [2.45, 2.75) is 19.9 Å². The third-order valence-electron chi connectivity index (χ3n) is 3.25. The van der Waals surface area contributed by atoms with Gasteiger partial charge in [0.15, 0.2) is 0 Å². The quantitative estimate of drug-likeness (QED) is 0.852. The van der Waals surface area contributed by atoms with Gasteiger partial charge in [-0.2, -0.15) is 0 Å². The Kier molecular flexibility index (Phi) is 5.31. The van der Waals surface area contributed by atoms with Crippen LogP contribution in [-0.4, -0.2) is 35.4 Å².